The smallest absolute Gasteiger partial charge is 0.306 e. The lowest BCUT2D eigenvalue weighted by molar-refractivity contribution is -0.167. The van der Waals surface area contributed by atoms with Gasteiger partial charge in [0.1, 0.15) is 13.2 Å². The van der Waals surface area contributed by atoms with Crippen LogP contribution in [0.2, 0.25) is 0 Å². The second-order valence-corrected chi connectivity index (χ2v) is 21.6. The van der Waals surface area contributed by atoms with E-state index in [0.29, 0.717) is 19.3 Å². The van der Waals surface area contributed by atoms with Crippen LogP contribution in [0.15, 0.2) is 134 Å². The Morgan fingerprint density at radius 1 is 0.263 bits per heavy atom. The highest BCUT2D eigenvalue weighted by Crippen LogP contribution is 2.16. The molecule has 0 rings (SSSR count). The first kappa shape index (κ1) is 75.5. The van der Waals surface area contributed by atoms with Gasteiger partial charge in [0.25, 0.3) is 0 Å². The second kappa shape index (κ2) is 67.1. The molecule has 0 heterocycles. The van der Waals surface area contributed by atoms with Gasteiger partial charge >= 0.3 is 17.9 Å². The lowest BCUT2D eigenvalue weighted by Gasteiger charge is -2.18. The second-order valence-electron chi connectivity index (χ2n) is 21.6. The molecule has 0 aromatic heterocycles. The molecule has 1 unspecified atom stereocenters. The fourth-order valence-corrected chi connectivity index (χ4v) is 8.96. The van der Waals surface area contributed by atoms with E-state index in [0.717, 1.165) is 141 Å². The van der Waals surface area contributed by atoms with Crippen molar-refractivity contribution in [1.82, 2.24) is 0 Å². The van der Waals surface area contributed by atoms with Crippen molar-refractivity contribution < 1.29 is 28.6 Å². The van der Waals surface area contributed by atoms with Gasteiger partial charge in [-0.05, 0) is 135 Å². The summed E-state index contributed by atoms with van der Waals surface area (Å²) in [7, 11) is 0. The Balaban J connectivity index is 4.29. The SMILES string of the molecule is CC/C=C\C/C=C\C/C=C\C/C=C\C/C=C\CCCCCCCCCCCCCCCCCC(=O)OCC(COC(=O)CCCC/C=C\C/C=C\C/C=C\C/C=C\CC)OC(=O)CCCCCCC/C=C\C/C=C\CCCCCC. The molecule has 0 saturated heterocycles. The molecular weight excluding hydrogens is 985 g/mol. The minimum Gasteiger partial charge on any atom is -0.462 e. The summed E-state index contributed by atoms with van der Waals surface area (Å²) < 4.78 is 16.9. The fraction of sp³-hybridized carbons (Fsp3) is 0.662. The summed E-state index contributed by atoms with van der Waals surface area (Å²) in [6, 6.07) is 0. The Bertz CT molecular complexity index is 1700. The molecule has 0 fully saturated rings. The summed E-state index contributed by atoms with van der Waals surface area (Å²) in [6.07, 6.45) is 94.7. The van der Waals surface area contributed by atoms with Gasteiger partial charge in [-0.2, -0.15) is 0 Å². The number of esters is 3. The first-order valence-electron chi connectivity index (χ1n) is 33.2. The number of ether oxygens (including phenoxy) is 3. The Morgan fingerprint density at radius 2 is 0.487 bits per heavy atom. The van der Waals surface area contributed by atoms with E-state index in [9.17, 15) is 14.4 Å². The molecule has 0 aliphatic heterocycles. The minimum absolute atomic E-state index is 0.0988. The van der Waals surface area contributed by atoms with E-state index in [-0.39, 0.29) is 31.1 Å². The quantitative estimate of drug-likeness (QED) is 0.0261. The maximum Gasteiger partial charge on any atom is 0.306 e. The average Bonchev–Trinajstić information content (AvgIpc) is 3.46. The van der Waals surface area contributed by atoms with Gasteiger partial charge in [0, 0.05) is 19.3 Å². The fourth-order valence-electron chi connectivity index (χ4n) is 8.96. The molecule has 454 valence electrons. The first-order chi connectivity index (χ1) is 39.5. The Kier molecular flexibility index (Phi) is 63.3. The Labute approximate surface area is 494 Å². The number of carbonyl (C=O) groups excluding carboxylic acids is 3. The van der Waals surface area contributed by atoms with Gasteiger partial charge in [0.05, 0.1) is 0 Å². The van der Waals surface area contributed by atoms with Crippen LogP contribution in [-0.4, -0.2) is 37.2 Å². The average molecular weight is 1110 g/mol. The largest absolute Gasteiger partial charge is 0.462 e. The first-order valence-corrected chi connectivity index (χ1v) is 33.2. The monoisotopic (exact) mass is 1110 g/mol. The van der Waals surface area contributed by atoms with Gasteiger partial charge in [-0.1, -0.05) is 276 Å². The topological polar surface area (TPSA) is 78.9 Å². The summed E-state index contributed by atoms with van der Waals surface area (Å²) in [4.78, 5) is 38.3. The molecule has 6 heteroatoms. The predicted molar refractivity (Wildman–Crippen MR) is 348 cm³/mol. The van der Waals surface area contributed by atoms with Crippen LogP contribution in [0.1, 0.15) is 297 Å². The zero-order chi connectivity index (χ0) is 57.8. The van der Waals surface area contributed by atoms with E-state index in [1.165, 1.54) is 116 Å². The number of rotatable bonds is 59. The van der Waals surface area contributed by atoms with Crippen molar-refractivity contribution in [2.24, 2.45) is 0 Å². The van der Waals surface area contributed by atoms with Gasteiger partial charge in [-0.15, -0.1) is 0 Å². The molecule has 0 aliphatic carbocycles. The molecular formula is C74H122O6. The van der Waals surface area contributed by atoms with E-state index in [4.69, 9.17) is 14.2 Å². The molecule has 0 radical (unpaired) electrons. The van der Waals surface area contributed by atoms with Crippen molar-refractivity contribution in [3.8, 4) is 0 Å². The third-order valence-electron chi connectivity index (χ3n) is 13.9. The van der Waals surface area contributed by atoms with Crippen molar-refractivity contribution in [3.05, 3.63) is 134 Å². The normalized spacial score (nSPS) is 13.0. The van der Waals surface area contributed by atoms with Crippen LogP contribution in [0.5, 0.6) is 0 Å². The van der Waals surface area contributed by atoms with Crippen LogP contribution in [0, 0.1) is 0 Å². The van der Waals surface area contributed by atoms with Crippen molar-refractivity contribution in [1.29, 1.82) is 0 Å². The van der Waals surface area contributed by atoms with Crippen molar-refractivity contribution >= 4 is 17.9 Å². The third-order valence-corrected chi connectivity index (χ3v) is 13.9. The molecule has 0 aromatic rings. The van der Waals surface area contributed by atoms with Gasteiger partial charge < -0.3 is 14.2 Å². The number of carbonyl (C=O) groups is 3. The lowest BCUT2D eigenvalue weighted by Crippen LogP contribution is -2.30. The van der Waals surface area contributed by atoms with E-state index in [1.54, 1.807) is 0 Å². The van der Waals surface area contributed by atoms with E-state index >= 15 is 0 Å². The summed E-state index contributed by atoms with van der Waals surface area (Å²) in [6.45, 7) is 6.36. The van der Waals surface area contributed by atoms with Crippen LogP contribution in [0.25, 0.3) is 0 Å². The number of hydrogen-bond acceptors (Lipinski definition) is 6. The van der Waals surface area contributed by atoms with Crippen molar-refractivity contribution in [3.63, 3.8) is 0 Å². The van der Waals surface area contributed by atoms with Crippen LogP contribution in [0.4, 0.5) is 0 Å². The van der Waals surface area contributed by atoms with Gasteiger partial charge in [-0.25, -0.2) is 0 Å². The standard InChI is InChI=1S/C74H122O6/c1-4-7-10-13-16-19-22-25-28-30-31-32-33-34-35-36-37-38-39-40-41-42-43-44-47-49-52-55-58-61-64-67-73(76)79-70-71(69-78-72(75)66-63-60-57-54-51-48-45-27-24-21-18-15-12-9-6-3)80-74(77)68-65-62-59-56-53-50-46-29-26-23-20-17-14-11-8-5-2/h7,9-10,12,16,18-21,23,25,27-29,31-32,34-35,45-46,51,54,71H,4-6,8,11,13-15,17,22,24,26,30,33,36-44,47-50,52-53,55-70H2,1-3H3/b10-7-,12-9-,19-16-,21-18-,23-20-,28-25-,32-31-,35-34-,45-27-,46-29-,54-51-. The number of allylic oxidation sites excluding steroid dienone is 22. The van der Waals surface area contributed by atoms with Crippen molar-refractivity contribution in [2.45, 2.75) is 303 Å². The zero-order valence-corrected chi connectivity index (χ0v) is 52.0. The van der Waals surface area contributed by atoms with Crippen LogP contribution in [-0.2, 0) is 28.6 Å². The summed E-state index contributed by atoms with van der Waals surface area (Å²) >= 11 is 0. The minimum atomic E-state index is -0.807. The van der Waals surface area contributed by atoms with Crippen LogP contribution < -0.4 is 0 Å². The summed E-state index contributed by atoms with van der Waals surface area (Å²) in [5.74, 6) is -0.952. The molecule has 1 atom stereocenters. The maximum absolute atomic E-state index is 12.9. The lowest BCUT2D eigenvalue weighted by atomic mass is 10.0. The highest BCUT2D eigenvalue weighted by atomic mass is 16.6. The molecule has 80 heavy (non-hydrogen) atoms. The molecule has 0 saturated carbocycles. The molecule has 0 N–H and O–H groups in total. The van der Waals surface area contributed by atoms with Crippen LogP contribution >= 0.6 is 0 Å². The highest BCUT2D eigenvalue weighted by molar-refractivity contribution is 5.71. The Hall–Kier alpha value is -4.45. The van der Waals surface area contributed by atoms with Gasteiger partial charge in [0.15, 0.2) is 6.10 Å². The molecule has 0 spiro atoms. The van der Waals surface area contributed by atoms with Gasteiger partial charge in [0.2, 0.25) is 0 Å². The van der Waals surface area contributed by atoms with Crippen molar-refractivity contribution in [2.75, 3.05) is 13.2 Å². The maximum atomic E-state index is 12.9. The summed E-state index contributed by atoms with van der Waals surface area (Å²) in [5.41, 5.74) is 0. The third kappa shape index (κ3) is 64.4. The Morgan fingerprint density at radius 3 is 0.787 bits per heavy atom. The summed E-state index contributed by atoms with van der Waals surface area (Å²) in [5, 5.41) is 0. The number of unbranched alkanes of at least 4 members (excludes halogenated alkanes) is 26. The molecule has 0 amide bonds. The van der Waals surface area contributed by atoms with Crippen LogP contribution in [0.3, 0.4) is 0 Å². The van der Waals surface area contributed by atoms with Gasteiger partial charge in [-0.3, -0.25) is 14.4 Å². The predicted octanol–water partition coefficient (Wildman–Crippen LogP) is 22.9. The molecule has 0 aromatic carbocycles. The van der Waals surface area contributed by atoms with E-state index in [1.807, 2.05) is 0 Å². The number of hydrogen-bond donors (Lipinski definition) is 0. The zero-order valence-electron chi connectivity index (χ0n) is 52.0. The highest BCUT2D eigenvalue weighted by Gasteiger charge is 2.19. The molecule has 6 nitrogen and oxygen atoms in total. The van der Waals surface area contributed by atoms with E-state index < -0.39 is 6.10 Å². The van der Waals surface area contributed by atoms with E-state index in [2.05, 4.69) is 154 Å². The molecule has 0 aliphatic rings. The molecule has 0 bridgehead atoms.